The van der Waals surface area contributed by atoms with Crippen molar-refractivity contribution in [3.05, 3.63) is 12.2 Å². The van der Waals surface area contributed by atoms with Crippen LogP contribution in [0.4, 0.5) is 0 Å². The first-order valence-corrected chi connectivity index (χ1v) is 7.30. The van der Waals surface area contributed by atoms with Gasteiger partial charge in [-0.1, -0.05) is 31.9 Å². The van der Waals surface area contributed by atoms with E-state index in [2.05, 4.69) is 32.7 Å². The van der Waals surface area contributed by atoms with Crippen molar-refractivity contribution in [2.24, 2.45) is 17.3 Å². The molecule has 1 amide bonds. The maximum absolute atomic E-state index is 11.0. The lowest BCUT2D eigenvalue weighted by atomic mass is 9.50. The van der Waals surface area contributed by atoms with Gasteiger partial charge in [-0.25, -0.2) is 0 Å². The average Bonchev–Trinajstić information content (AvgIpc) is 2.27. The molecule has 1 N–H and O–H groups in total. The number of hydrogen-bond donors (Lipinski definition) is 1. The average molecular weight is 249 g/mol. The van der Waals surface area contributed by atoms with Crippen molar-refractivity contribution >= 4 is 6.41 Å². The summed E-state index contributed by atoms with van der Waals surface area (Å²) in [6.07, 6.45) is 8.39. The third-order valence-corrected chi connectivity index (χ3v) is 5.57. The maximum Gasteiger partial charge on any atom is 0.207 e. The normalized spacial score (nSPS) is 43.9. The van der Waals surface area contributed by atoms with E-state index in [9.17, 15) is 4.79 Å². The van der Waals surface area contributed by atoms with Crippen molar-refractivity contribution in [2.75, 3.05) is 0 Å². The van der Waals surface area contributed by atoms with Crippen LogP contribution in [0.1, 0.15) is 59.3 Å². The highest BCUT2D eigenvalue weighted by atomic mass is 16.1. The van der Waals surface area contributed by atoms with Crippen LogP contribution in [0.2, 0.25) is 0 Å². The van der Waals surface area contributed by atoms with Crippen LogP contribution in [0.15, 0.2) is 12.2 Å². The van der Waals surface area contributed by atoms with Crippen LogP contribution < -0.4 is 5.32 Å². The third-order valence-electron chi connectivity index (χ3n) is 5.57. The van der Waals surface area contributed by atoms with Gasteiger partial charge in [0.15, 0.2) is 0 Å². The molecule has 2 heteroatoms. The highest BCUT2D eigenvalue weighted by Crippen LogP contribution is 2.57. The molecule has 4 atom stereocenters. The van der Waals surface area contributed by atoms with Crippen LogP contribution in [0.3, 0.4) is 0 Å². The molecule has 0 aromatic carbocycles. The first-order chi connectivity index (χ1) is 8.43. The van der Waals surface area contributed by atoms with Crippen molar-refractivity contribution in [2.45, 2.75) is 64.8 Å². The molecule has 2 nitrogen and oxygen atoms in total. The Hall–Kier alpha value is -0.790. The number of amides is 1. The Bertz CT molecular complexity index is 347. The summed E-state index contributed by atoms with van der Waals surface area (Å²) in [6, 6.07) is 0. The fraction of sp³-hybridized carbons (Fsp3) is 0.812. The van der Waals surface area contributed by atoms with Gasteiger partial charge in [0.2, 0.25) is 6.41 Å². The highest BCUT2D eigenvalue weighted by molar-refractivity contribution is 5.48. The molecule has 0 bridgehead atoms. The largest absolute Gasteiger partial charge is 0.353 e. The second-order valence-corrected chi connectivity index (χ2v) is 7.01. The number of hydrogen-bond acceptors (Lipinski definition) is 1. The molecule has 2 fully saturated rings. The molecule has 0 heterocycles. The van der Waals surface area contributed by atoms with E-state index in [1.54, 1.807) is 0 Å². The standard InChI is InChI=1S/C16H27NO/c1-12(2)13-7-5-8-15(3)9-6-10-16(4,14(13)15)17-11-18/h11,13-14H,1,5-10H2,2-4H3,(H,17,18). The Morgan fingerprint density at radius 2 is 1.94 bits per heavy atom. The van der Waals surface area contributed by atoms with E-state index in [-0.39, 0.29) is 5.54 Å². The lowest BCUT2D eigenvalue weighted by Gasteiger charge is -2.58. The molecule has 2 aliphatic rings. The fourth-order valence-electron chi connectivity index (χ4n) is 4.87. The number of rotatable bonds is 3. The molecule has 2 saturated carbocycles. The van der Waals surface area contributed by atoms with Gasteiger partial charge in [0.05, 0.1) is 0 Å². The molecular formula is C16H27NO. The molecule has 0 saturated heterocycles. The predicted molar refractivity (Wildman–Crippen MR) is 75.2 cm³/mol. The van der Waals surface area contributed by atoms with Gasteiger partial charge >= 0.3 is 0 Å². The summed E-state index contributed by atoms with van der Waals surface area (Å²) in [5, 5.41) is 3.15. The van der Waals surface area contributed by atoms with Gasteiger partial charge < -0.3 is 5.32 Å². The van der Waals surface area contributed by atoms with Crippen molar-refractivity contribution in [1.29, 1.82) is 0 Å². The van der Waals surface area contributed by atoms with Crippen molar-refractivity contribution in [3.63, 3.8) is 0 Å². The minimum Gasteiger partial charge on any atom is -0.353 e. The van der Waals surface area contributed by atoms with Crippen molar-refractivity contribution < 1.29 is 4.79 Å². The van der Waals surface area contributed by atoms with Crippen LogP contribution in [-0.2, 0) is 4.79 Å². The van der Waals surface area contributed by atoms with Crippen LogP contribution >= 0.6 is 0 Å². The molecule has 18 heavy (non-hydrogen) atoms. The Morgan fingerprint density at radius 3 is 2.56 bits per heavy atom. The molecule has 2 aliphatic carbocycles. The van der Waals surface area contributed by atoms with Gasteiger partial charge in [0, 0.05) is 5.54 Å². The van der Waals surface area contributed by atoms with E-state index in [0.29, 0.717) is 17.3 Å². The van der Waals surface area contributed by atoms with Gasteiger partial charge in [-0.2, -0.15) is 0 Å². The monoisotopic (exact) mass is 249 g/mol. The summed E-state index contributed by atoms with van der Waals surface area (Å²) in [4.78, 5) is 11.0. The Balaban J connectivity index is 2.38. The van der Waals surface area contributed by atoms with Crippen LogP contribution in [0, 0.1) is 17.3 Å². The second-order valence-electron chi connectivity index (χ2n) is 7.01. The summed E-state index contributed by atoms with van der Waals surface area (Å²) in [6.45, 7) is 11.0. The molecule has 0 spiro atoms. The summed E-state index contributed by atoms with van der Waals surface area (Å²) in [7, 11) is 0. The SMILES string of the molecule is C=C(C)C1CCCC2(C)CCCC(C)(NC=O)C12. The van der Waals surface area contributed by atoms with Crippen molar-refractivity contribution in [3.8, 4) is 0 Å². The zero-order chi connectivity index (χ0) is 13.4. The van der Waals surface area contributed by atoms with Crippen LogP contribution in [0.25, 0.3) is 0 Å². The van der Waals surface area contributed by atoms with Crippen LogP contribution in [0.5, 0.6) is 0 Å². The molecule has 0 aromatic heterocycles. The summed E-state index contributed by atoms with van der Waals surface area (Å²) < 4.78 is 0. The first-order valence-electron chi connectivity index (χ1n) is 7.30. The number of fused-ring (bicyclic) bond motifs is 1. The van der Waals surface area contributed by atoms with Crippen LogP contribution in [-0.4, -0.2) is 11.9 Å². The van der Waals surface area contributed by atoms with Crippen molar-refractivity contribution in [1.82, 2.24) is 5.32 Å². The zero-order valence-corrected chi connectivity index (χ0v) is 12.1. The van der Waals surface area contributed by atoms with E-state index in [1.165, 1.54) is 37.7 Å². The Kier molecular flexibility index (Phi) is 3.57. The van der Waals surface area contributed by atoms with Gasteiger partial charge in [-0.3, -0.25) is 4.79 Å². The molecular weight excluding hydrogens is 222 g/mol. The van der Waals surface area contributed by atoms with Gasteiger partial charge in [0.25, 0.3) is 0 Å². The quantitative estimate of drug-likeness (QED) is 0.600. The van der Waals surface area contributed by atoms with Gasteiger partial charge in [-0.05, 0) is 56.8 Å². The molecule has 0 aliphatic heterocycles. The summed E-state index contributed by atoms with van der Waals surface area (Å²) >= 11 is 0. The maximum atomic E-state index is 11.0. The topological polar surface area (TPSA) is 29.1 Å². The molecule has 4 unspecified atom stereocenters. The number of nitrogens with one attached hydrogen (secondary N) is 1. The molecule has 102 valence electrons. The minimum atomic E-state index is -0.0429. The smallest absolute Gasteiger partial charge is 0.207 e. The molecule has 2 rings (SSSR count). The number of carbonyl (C=O) groups excluding carboxylic acids is 1. The van der Waals surface area contributed by atoms with E-state index < -0.39 is 0 Å². The first kappa shape index (κ1) is 13.6. The summed E-state index contributed by atoms with van der Waals surface area (Å²) in [5.74, 6) is 1.12. The zero-order valence-electron chi connectivity index (χ0n) is 12.1. The number of allylic oxidation sites excluding steroid dienone is 1. The van der Waals surface area contributed by atoms with Gasteiger partial charge in [0.1, 0.15) is 0 Å². The Labute approximate surface area is 111 Å². The third kappa shape index (κ3) is 2.10. The summed E-state index contributed by atoms with van der Waals surface area (Å²) in [5.41, 5.74) is 1.63. The van der Waals surface area contributed by atoms with E-state index >= 15 is 0 Å². The highest BCUT2D eigenvalue weighted by Gasteiger charge is 2.53. The van der Waals surface area contributed by atoms with E-state index in [4.69, 9.17) is 0 Å². The lowest BCUT2D eigenvalue weighted by Crippen LogP contribution is -2.60. The fourth-order valence-corrected chi connectivity index (χ4v) is 4.87. The number of carbonyl (C=O) groups is 1. The van der Waals surface area contributed by atoms with E-state index in [0.717, 1.165) is 12.8 Å². The minimum absolute atomic E-state index is 0.0429. The second kappa shape index (κ2) is 4.71. The predicted octanol–water partition coefficient (Wildman–Crippen LogP) is 3.67. The lowest BCUT2D eigenvalue weighted by molar-refractivity contribution is -0.115. The molecule has 0 aromatic rings. The molecule has 0 radical (unpaired) electrons. The van der Waals surface area contributed by atoms with Gasteiger partial charge in [-0.15, -0.1) is 0 Å². The van der Waals surface area contributed by atoms with E-state index in [1.807, 2.05) is 0 Å². The Morgan fingerprint density at radius 1 is 1.28 bits per heavy atom.